The summed E-state index contributed by atoms with van der Waals surface area (Å²) in [7, 11) is 0. The number of anilines is 2. The number of aryl methyl sites for hydroxylation is 2. The van der Waals surface area contributed by atoms with Crippen molar-refractivity contribution in [3.8, 4) is 0 Å². The highest BCUT2D eigenvalue weighted by Crippen LogP contribution is 2.34. The molecule has 10 heteroatoms. The van der Waals surface area contributed by atoms with Gasteiger partial charge in [-0.3, -0.25) is 9.59 Å². The molecule has 0 saturated carbocycles. The van der Waals surface area contributed by atoms with E-state index in [1.165, 1.54) is 6.07 Å². The summed E-state index contributed by atoms with van der Waals surface area (Å²) in [5.41, 5.74) is 5.45. The van der Waals surface area contributed by atoms with Crippen molar-refractivity contribution in [1.29, 1.82) is 0 Å². The van der Waals surface area contributed by atoms with Crippen LogP contribution in [0.4, 0.5) is 20.3 Å². The average Bonchev–Trinajstić information content (AvgIpc) is 3.49. The summed E-state index contributed by atoms with van der Waals surface area (Å²) in [6, 6.07) is 12.5. The molecule has 2 aromatic heterocycles. The number of halogens is 2. The van der Waals surface area contributed by atoms with Crippen LogP contribution in [0.15, 0.2) is 60.8 Å². The number of H-pyrrole nitrogens is 1. The minimum absolute atomic E-state index is 0.0390. The van der Waals surface area contributed by atoms with Gasteiger partial charge in [0.05, 0.1) is 22.5 Å². The highest BCUT2D eigenvalue weighted by molar-refractivity contribution is 6.35. The quantitative estimate of drug-likeness (QED) is 0.204. The van der Waals surface area contributed by atoms with Gasteiger partial charge in [0.15, 0.2) is 11.6 Å². The Morgan fingerprint density at radius 3 is 2.73 bits per heavy atom. The smallest absolute Gasteiger partial charge is 0.256 e. The van der Waals surface area contributed by atoms with Gasteiger partial charge < -0.3 is 20.9 Å². The zero-order valence-electron chi connectivity index (χ0n) is 22.5. The molecule has 41 heavy (non-hydrogen) atoms. The van der Waals surface area contributed by atoms with Crippen molar-refractivity contribution in [2.45, 2.75) is 26.8 Å². The molecule has 0 radical (unpaired) electrons. The molecule has 5 rings (SSSR count). The van der Waals surface area contributed by atoms with E-state index in [-0.39, 0.29) is 12.5 Å². The molecule has 0 unspecified atom stereocenters. The third kappa shape index (κ3) is 6.22. The highest BCUT2D eigenvalue weighted by atomic mass is 19.2. The van der Waals surface area contributed by atoms with E-state index in [1.54, 1.807) is 18.3 Å². The van der Waals surface area contributed by atoms with Crippen LogP contribution in [0.25, 0.3) is 17.7 Å². The SMILES string of the molecule is CCc1nc(C)c(/C=C2\C(=O)Nc3cc(/C=C/CNc4ncccc4C(=O)NCc4ccc(F)c(F)c4)ccc32)[nH]1. The van der Waals surface area contributed by atoms with Crippen LogP contribution in [0.2, 0.25) is 0 Å². The summed E-state index contributed by atoms with van der Waals surface area (Å²) < 4.78 is 26.6. The first-order chi connectivity index (χ1) is 19.8. The van der Waals surface area contributed by atoms with Crippen molar-refractivity contribution in [1.82, 2.24) is 20.3 Å². The number of benzene rings is 2. The monoisotopic (exact) mass is 554 g/mol. The maximum absolute atomic E-state index is 13.5. The Hall–Kier alpha value is -5.12. The second-order valence-electron chi connectivity index (χ2n) is 9.47. The molecular formula is C31H28F2N6O2. The van der Waals surface area contributed by atoms with Gasteiger partial charge in [0.25, 0.3) is 11.8 Å². The van der Waals surface area contributed by atoms with Crippen molar-refractivity contribution >= 4 is 41.0 Å². The number of carbonyl (C=O) groups excluding carboxylic acids is 2. The normalized spacial score (nSPS) is 13.5. The molecule has 4 N–H and O–H groups in total. The summed E-state index contributed by atoms with van der Waals surface area (Å²) in [6.07, 6.45) is 7.97. The Labute approximate surface area is 235 Å². The number of fused-ring (bicyclic) bond motifs is 1. The third-order valence-electron chi connectivity index (χ3n) is 6.61. The Morgan fingerprint density at radius 2 is 1.95 bits per heavy atom. The lowest BCUT2D eigenvalue weighted by Crippen LogP contribution is -2.24. The highest BCUT2D eigenvalue weighted by Gasteiger charge is 2.24. The van der Waals surface area contributed by atoms with Crippen LogP contribution in [0.5, 0.6) is 0 Å². The zero-order valence-corrected chi connectivity index (χ0v) is 22.5. The van der Waals surface area contributed by atoms with E-state index in [0.717, 1.165) is 52.6 Å². The molecule has 3 heterocycles. The number of nitrogens with zero attached hydrogens (tertiary/aromatic N) is 2. The summed E-state index contributed by atoms with van der Waals surface area (Å²) in [5.74, 6) is -1.21. The molecule has 0 atom stereocenters. The number of hydrogen-bond donors (Lipinski definition) is 4. The fourth-order valence-corrected chi connectivity index (χ4v) is 4.46. The average molecular weight is 555 g/mol. The van der Waals surface area contributed by atoms with Crippen LogP contribution in [-0.2, 0) is 17.8 Å². The van der Waals surface area contributed by atoms with Gasteiger partial charge >= 0.3 is 0 Å². The lowest BCUT2D eigenvalue weighted by Gasteiger charge is -2.10. The van der Waals surface area contributed by atoms with Gasteiger partial charge in [-0.1, -0.05) is 37.3 Å². The predicted molar refractivity (Wildman–Crippen MR) is 155 cm³/mol. The third-order valence-corrected chi connectivity index (χ3v) is 6.61. The van der Waals surface area contributed by atoms with Crippen LogP contribution in [0, 0.1) is 18.6 Å². The summed E-state index contributed by atoms with van der Waals surface area (Å²) >= 11 is 0. The fourth-order valence-electron chi connectivity index (χ4n) is 4.46. The van der Waals surface area contributed by atoms with E-state index in [4.69, 9.17) is 0 Å². The first kappa shape index (κ1) is 27.4. The van der Waals surface area contributed by atoms with E-state index in [9.17, 15) is 18.4 Å². The van der Waals surface area contributed by atoms with Crippen molar-refractivity contribution < 1.29 is 18.4 Å². The molecule has 8 nitrogen and oxygen atoms in total. The Kier molecular flexibility index (Phi) is 8.00. The summed E-state index contributed by atoms with van der Waals surface area (Å²) in [5, 5.41) is 8.76. The van der Waals surface area contributed by atoms with Crippen LogP contribution >= 0.6 is 0 Å². The Morgan fingerprint density at radius 1 is 1.10 bits per heavy atom. The van der Waals surface area contributed by atoms with Gasteiger partial charge in [0, 0.05) is 37.0 Å². The topological polar surface area (TPSA) is 112 Å². The maximum Gasteiger partial charge on any atom is 0.256 e. The number of nitrogens with one attached hydrogen (secondary N) is 4. The number of rotatable bonds is 9. The molecule has 0 bridgehead atoms. The molecule has 4 aromatic rings. The predicted octanol–water partition coefficient (Wildman–Crippen LogP) is 5.50. The largest absolute Gasteiger partial charge is 0.366 e. The van der Waals surface area contributed by atoms with Crippen LogP contribution < -0.4 is 16.0 Å². The number of imidazole rings is 1. The van der Waals surface area contributed by atoms with Gasteiger partial charge in [0.1, 0.15) is 11.6 Å². The first-order valence-corrected chi connectivity index (χ1v) is 13.1. The van der Waals surface area contributed by atoms with E-state index in [0.29, 0.717) is 29.1 Å². The molecule has 0 saturated heterocycles. The summed E-state index contributed by atoms with van der Waals surface area (Å²) in [6.45, 7) is 4.35. The second kappa shape index (κ2) is 12.0. The number of aromatic nitrogens is 3. The minimum atomic E-state index is -0.968. The molecule has 2 amide bonds. The first-order valence-electron chi connectivity index (χ1n) is 13.1. The van der Waals surface area contributed by atoms with Gasteiger partial charge in [-0.15, -0.1) is 0 Å². The fraction of sp³-hybridized carbons (Fsp3) is 0.161. The number of amides is 2. The molecule has 2 aromatic carbocycles. The van der Waals surface area contributed by atoms with Gasteiger partial charge in [0.2, 0.25) is 0 Å². The number of hydrogen-bond acceptors (Lipinski definition) is 5. The molecule has 0 fully saturated rings. The van der Waals surface area contributed by atoms with Crippen LogP contribution in [0.3, 0.4) is 0 Å². The second-order valence-corrected chi connectivity index (χ2v) is 9.47. The number of carbonyl (C=O) groups is 2. The van der Waals surface area contributed by atoms with E-state index >= 15 is 0 Å². The van der Waals surface area contributed by atoms with E-state index in [1.807, 2.05) is 50.3 Å². The van der Waals surface area contributed by atoms with Crippen molar-refractivity contribution in [3.63, 3.8) is 0 Å². The Bertz CT molecular complexity index is 1690. The molecular weight excluding hydrogens is 526 g/mol. The molecule has 1 aliphatic heterocycles. The van der Waals surface area contributed by atoms with Gasteiger partial charge in [-0.2, -0.15) is 0 Å². The molecule has 208 valence electrons. The minimum Gasteiger partial charge on any atom is -0.366 e. The van der Waals surface area contributed by atoms with E-state index < -0.39 is 17.5 Å². The zero-order chi connectivity index (χ0) is 28.9. The molecule has 0 spiro atoms. The van der Waals surface area contributed by atoms with Crippen molar-refractivity contribution in [3.05, 3.63) is 112 Å². The standard InChI is InChI=1S/C31H28F2N6O2/c1-3-28-37-18(2)26(38-28)16-23-21-10-8-19(15-27(21)39-31(23)41)6-4-12-34-29-22(7-5-13-35-29)30(40)36-17-20-9-11-24(32)25(33)14-20/h4-11,13-16H,3,12,17H2,1-2H3,(H,34,35)(H,36,40)(H,37,38)(H,39,41)/b6-4+,23-16-. The van der Waals surface area contributed by atoms with Crippen molar-refractivity contribution in [2.75, 3.05) is 17.2 Å². The number of aromatic amines is 1. The summed E-state index contributed by atoms with van der Waals surface area (Å²) in [4.78, 5) is 37.4. The maximum atomic E-state index is 13.5. The van der Waals surface area contributed by atoms with Crippen LogP contribution in [0.1, 0.15) is 51.2 Å². The lowest BCUT2D eigenvalue weighted by atomic mass is 10.0. The van der Waals surface area contributed by atoms with E-state index in [2.05, 4.69) is 30.9 Å². The molecule has 1 aliphatic rings. The van der Waals surface area contributed by atoms with Crippen molar-refractivity contribution in [2.24, 2.45) is 0 Å². The molecule has 0 aliphatic carbocycles. The van der Waals surface area contributed by atoms with Gasteiger partial charge in [-0.25, -0.2) is 18.7 Å². The Balaban J connectivity index is 1.22. The van der Waals surface area contributed by atoms with Crippen LogP contribution in [-0.4, -0.2) is 33.3 Å². The lowest BCUT2D eigenvalue weighted by molar-refractivity contribution is -0.110. The van der Waals surface area contributed by atoms with Gasteiger partial charge in [-0.05, 0) is 54.5 Å². The number of pyridine rings is 1.